The predicted octanol–water partition coefficient (Wildman–Crippen LogP) is 2.47. The molecule has 10 nitrogen and oxygen atoms in total. The zero-order valence-electron chi connectivity index (χ0n) is 15.0. The summed E-state index contributed by atoms with van der Waals surface area (Å²) in [5.41, 5.74) is 1.12. The molecule has 3 N–H and O–H groups in total. The van der Waals surface area contributed by atoms with Gasteiger partial charge in [0.15, 0.2) is 5.13 Å². The molecule has 30 heavy (non-hydrogen) atoms. The third-order valence-corrected chi connectivity index (χ3v) is 5.34. The van der Waals surface area contributed by atoms with E-state index in [2.05, 4.69) is 31.5 Å². The average Bonchev–Trinajstić information content (AvgIpc) is 3.20. The molecule has 0 saturated heterocycles. The second-order valence-corrected chi connectivity index (χ2v) is 7.35. The lowest BCUT2D eigenvalue weighted by Gasteiger charge is -2.06. The maximum absolute atomic E-state index is 12.2. The van der Waals surface area contributed by atoms with Gasteiger partial charge in [-0.25, -0.2) is 14.8 Å². The third kappa shape index (κ3) is 4.96. The zero-order chi connectivity index (χ0) is 21.5. The van der Waals surface area contributed by atoms with E-state index in [1.165, 1.54) is 5.38 Å². The van der Waals surface area contributed by atoms with Crippen LogP contribution in [0.15, 0.2) is 52.2 Å². The Morgan fingerprint density at radius 1 is 1.23 bits per heavy atom. The van der Waals surface area contributed by atoms with Gasteiger partial charge in [-0.1, -0.05) is 16.9 Å². The van der Waals surface area contributed by atoms with E-state index in [9.17, 15) is 14.9 Å². The zero-order valence-corrected chi connectivity index (χ0v) is 16.6. The number of rotatable bonds is 7. The van der Waals surface area contributed by atoms with Crippen molar-refractivity contribution < 1.29 is 19.9 Å². The summed E-state index contributed by atoms with van der Waals surface area (Å²) in [4.78, 5) is 35.5. The number of carbonyl (C=O) groups excluding carboxylic acids is 1. The number of hydrogen-bond acceptors (Lipinski definition) is 10. The van der Waals surface area contributed by atoms with Crippen LogP contribution in [0.4, 0.5) is 5.13 Å². The van der Waals surface area contributed by atoms with Crippen molar-refractivity contribution in [3.8, 4) is 17.3 Å². The van der Waals surface area contributed by atoms with Crippen molar-refractivity contribution >= 4 is 45.8 Å². The molecule has 3 aromatic heterocycles. The highest BCUT2D eigenvalue weighted by Gasteiger charge is 2.18. The first kappa shape index (κ1) is 20.9. The van der Waals surface area contributed by atoms with Gasteiger partial charge in [-0.15, -0.1) is 11.3 Å². The summed E-state index contributed by atoms with van der Waals surface area (Å²) in [5, 5.41) is 34.1. The Bertz CT molecular complexity index is 1160. The molecule has 3 aromatic rings. The van der Waals surface area contributed by atoms with Crippen molar-refractivity contribution in [1.29, 1.82) is 5.26 Å². The molecule has 0 unspecified atom stereocenters. The maximum atomic E-state index is 12.2. The Morgan fingerprint density at radius 3 is 2.67 bits per heavy atom. The van der Waals surface area contributed by atoms with E-state index >= 15 is 0 Å². The fraction of sp³-hybridized carbons (Fsp3) is 0.0556. The van der Waals surface area contributed by atoms with Crippen LogP contribution in [0, 0.1) is 11.3 Å². The Kier molecular flexibility index (Phi) is 6.68. The lowest BCUT2D eigenvalue weighted by atomic mass is 10.1. The summed E-state index contributed by atoms with van der Waals surface area (Å²) in [6, 6.07) is 8.98. The number of thioether (sulfide) groups is 1. The Morgan fingerprint density at radius 2 is 2.00 bits per heavy atom. The molecule has 3 rings (SSSR count). The van der Waals surface area contributed by atoms with E-state index in [0.29, 0.717) is 16.3 Å². The van der Waals surface area contributed by atoms with Crippen molar-refractivity contribution in [2.45, 2.75) is 5.03 Å². The molecular formula is C18H12N6O4S2. The molecule has 12 heteroatoms. The standard InChI is InChI=1S/C18H12N6O4S2/c19-7-11-1-2-12(10-3-5-20-6-4-10)21-16(11)29-9-14(25)23-18-22-13(8-30-18)15(24-28)17(26)27/h1-6,8,28H,9H2,(H,26,27)(H,22,23,25)/b24-15-. The fourth-order valence-electron chi connectivity index (χ4n) is 2.25. The summed E-state index contributed by atoms with van der Waals surface area (Å²) in [5.74, 6) is -1.91. The van der Waals surface area contributed by atoms with E-state index in [1.54, 1.807) is 36.7 Å². The van der Waals surface area contributed by atoms with Crippen molar-refractivity contribution in [1.82, 2.24) is 15.0 Å². The number of hydrogen-bond donors (Lipinski definition) is 3. The minimum Gasteiger partial charge on any atom is -0.476 e. The number of aliphatic carboxylic acids is 1. The SMILES string of the molecule is N#Cc1ccc(-c2ccncc2)nc1SCC(=O)Nc1nc(/C(=N/O)C(=O)O)cs1. The van der Waals surface area contributed by atoms with Crippen LogP contribution in [0.1, 0.15) is 11.3 Å². The van der Waals surface area contributed by atoms with Crippen molar-refractivity contribution in [3.05, 3.63) is 53.3 Å². The van der Waals surface area contributed by atoms with Crippen LogP contribution in [0.3, 0.4) is 0 Å². The quantitative estimate of drug-likeness (QED) is 0.217. The molecule has 1 amide bonds. The number of pyridine rings is 2. The third-order valence-electron chi connectivity index (χ3n) is 3.59. The number of nitrogens with one attached hydrogen (secondary N) is 1. The van der Waals surface area contributed by atoms with Gasteiger partial charge in [0, 0.05) is 23.3 Å². The average molecular weight is 440 g/mol. The fourth-order valence-corrected chi connectivity index (χ4v) is 3.74. The summed E-state index contributed by atoms with van der Waals surface area (Å²) in [6.45, 7) is 0. The van der Waals surface area contributed by atoms with Crippen molar-refractivity contribution in [2.75, 3.05) is 11.1 Å². The van der Waals surface area contributed by atoms with Crippen molar-refractivity contribution in [3.63, 3.8) is 0 Å². The largest absolute Gasteiger partial charge is 0.476 e. The van der Waals surface area contributed by atoms with Gasteiger partial charge in [0.25, 0.3) is 0 Å². The first-order valence-electron chi connectivity index (χ1n) is 8.17. The van der Waals surface area contributed by atoms with Crippen LogP contribution in [-0.4, -0.2) is 48.6 Å². The number of aromatic nitrogens is 3. The second-order valence-electron chi connectivity index (χ2n) is 5.53. The topological polar surface area (TPSA) is 161 Å². The van der Waals surface area contributed by atoms with Crippen LogP contribution in [0.5, 0.6) is 0 Å². The number of oxime groups is 1. The van der Waals surface area contributed by atoms with Gasteiger partial charge in [-0.2, -0.15) is 5.26 Å². The second kappa shape index (κ2) is 9.59. The van der Waals surface area contributed by atoms with Gasteiger partial charge in [-0.3, -0.25) is 9.78 Å². The highest BCUT2D eigenvalue weighted by molar-refractivity contribution is 8.00. The van der Waals surface area contributed by atoms with Gasteiger partial charge in [0.2, 0.25) is 11.6 Å². The normalized spacial score (nSPS) is 11.0. The number of carboxylic acid groups (broad SMARTS) is 1. The highest BCUT2D eigenvalue weighted by Crippen LogP contribution is 2.25. The first-order valence-corrected chi connectivity index (χ1v) is 10.0. The maximum Gasteiger partial charge on any atom is 0.360 e. The molecule has 3 heterocycles. The van der Waals surface area contributed by atoms with E-state index in [-0.39, 0.29) is 16.6 Å². The highest BCUT2D eigenvalue weighted by atomic mass is 32.2. The van der Waals surface area contributed by atoms with Crippen LogP contribution >= 0.6 is 23.1 Å². The van der Waals surface area contributed by atoms with E-state index in [1.807, 2.05) is 0 Å². The number of amides is 1. The molecule has 0 saturated carbocycles. The molecule has 0 aliphatic heterocycles. The molecule has 0 bridgehead atoms. The molecule has 0 aromatic carbocycles. The molecule has 0 fully saturated rings. The molecular weight excluding hydrogens is 428 g/mol. The summed E-state index contributed by atoms with van der Waals surface area (Å²) in [7, 11) is 0. The number of nitriles is 1. The Labute approximate surface area is 177 Å². The lowest BCUT2D eigenvalue weighted by Crippen LogP contribution is -2.16. The smallest absolute Gasteiger partial charge is 0.360 e. The molecule has 0 spiro atoms. The minimum absolute atomic E-state index is 0.0454. The molecule has 0 atom stereocenters. The van der Waals surface area contributed by atoms with Crippen LogP contribution in [-0.2, 0) is 9.59 Å². The molecule has 0 aliphatic carbocycles. The van der Waals surface area contributed by atoms with E-state index in [0.717, 1.165) is 28.7 Å². The van der Waals surface area contributed by atoms with Crippen LogP contribution < -0.4 is 5.32 Å². The summed E-state index contributed by atoms with van der Waals surface area (Å²) < 4.78 is 0. The van der Waals surface area contributed by atoms with Gasteiger partial charge < -0.3 is 15.6 Å². The number of anilines is 1. The van der Waals surface area contributed by atoms with E-state index < -0.39 is 17.6 Å². The van der Waals surface area contributed by atoms with Gasteiger partial charge in [0.1, 0.15) is 16.8 Å². The first-order chi connectivity index (χ1) is 14.5. The van der Waals surface area contributed by atoms with Crippen LogP contribution in [0.2, 0.25) is 0 Å². The monoisotopic (exact) mass is 440 g/mol. The number of nitrogens with zero attached hydrogens (tertiary/aromatic N) is 5. The van der Waals surface area contributed by atoms with Crippen LogP contribution in [0.25, 0.3) is 11.3 Å². The number of carboxylic acids is 1. The molecule has 0 radical (unpaired) electrons. The van der Waals surface area contributed by atoms with E-state index in [4.69, 9.17) is 10.3 Å². The minimum atomic E-state index is -1.44. The van der Waals surface area contributed by atoms with Gasteiger partial charge >= 0.3 is 5.97 Å². The molecule has 150 valence electrons. The lowest BCUT2D eigenvalue weighted by molar-refractivity contribution is -0.129. The Hall–Kier alpha value is -3.82. The summed E-state index contributed by atoms with van der Waals surface area (Å²) >= 11 is 2.07. The summed E-state index contributed by atoms with van der Waals surface area (Å²) in [6.07, 6.45) is 3.27. The number of thiazole rings is 1. The molecule has 0 aliphatic rings. The Balaban J connectivity index is 1.68. The van der Waals surface area contributed by atoms with Crippen molar-refractivity contribution in [2.24, 2.45) is 5.16 Å². The number of carbonyl (C=O) groups is 2. The predicted molar refractivity (Wildman–Crippen MR) is 110 cm³/mol. The van der Waals surface area contributed by atoms with Gasteiger partial charge in [0.05, 0.1) is 17.0 Å². The van der Waals surface area contributed by atoms with Gasteiger partial charge in [-0.05, 0) is 24.3 Å².